The lowest BCUT2D eigenvalue weighted by Crippen LogP contribution is -2.42. The molecular weight excluding hydrogens is 278 g/mol. The van der Waals surface area contributed by atoms with Gasteiger partial charge in [-0.2, -0.15) is 0 Å². The maximum atomic E-state index is 12.6. The summed E-state index contributed by atoms with van der Waals surface area (Å²) in [4.78, 5) is 25.2. The number of likely N-dealkylation sites (tertiary alicyclic amines) is 1. The van der Waals surface area contributed by atoms with Crippen molar-refractivity contribution in [2.45, 2.75) is 25.7 Å². The Morgan fingerprint density at radius 2 is 1.90 bits per heavy atom. The molecule has 1 aliphatic heterocycles. The van der Waals surface area contributed by atoms with E-state index in [4.69, 9.17) is 16.7 Å². The van der Waals surface area contributed by atoms with Crippen molar-refractivity contribution in [3.63, 3.8) is 0 Å². The number of carboxylic acid groups (broad SMARTS) is 1. The van der Waals surface area contributed by atoms with Crippen LogP contribution in [0, 0.1) is 5.92 Å². The number of benzene rings is 1. The van der Waals surface area contributed by atoms with Crippen molar-refractivity contribution in [3.8, 4) is 0 Å². The fourth-order valence-corrected chi connectivity index (χ4v) is 2.66. The molecule has 1 aromatic rings. The van der Waals surface area contributed by atoms with Crippen LogP contribution < -0.4 is 0 Å². The summed E-state index contributed by atoms with van der Waals surface area (Å²) >= 11 is 5.86. The molecule has 0 saturated carbocycles. The zero-order valence-corrected chi connectivity index (χ0v) is 12.4. The number of nitrogens with zero attached hydrogens (tertiary/aromatic N) is 1. The standard InChI is InChI=1S/C15H18ClNO3/c1-15(2,11-3-5-12(16)6-4-11)14(20)17-8-7-10(9-17)13(18)19/h3-6,10H,7-9H2,1-2H3,(H,18,19). The van der Waals surface area contributed by atoms with E-state index in [1.807, 2.05) is 26.0 Å². The molecule has 1 aliphatic rings. The van der Waals surface area contributed by atoms with Crippen molar-refractivity contribution in [2.24, 2.45) is 5.92 Å². The van der Waals surface area contributed by atoms with Crippen LogP contribution in [0.3, 0.4) is 0 Å². The van der Waals surface area contributed by atoms with Gasteiger partial charge in [0.25, 0.3) is 0 Å². The highest BCUT2D eigenvalue weighted by molar-refractivity contribution is 6.30. The van der Waals surface area contributed by atoms with Gasteiger partial charge in [-0.3, -0.25) is 9.59 Å². The molecule has 1 heterocycles. The summed E-state index contributed by atoms with van der Waals surface area (Å²) in [5, 5.41) is 9.64. The van der Waals surface area contributed by atoms with Gasteiger partial charge in [0.15, 0.2) is 0 Å². The molecule has 0 aliphatic carbocycles. The molecule has 1 N–H and O–H groups in total. The van der Waals surface area contributed by atoms with E-state index in [2.05, 4.69) is 0 Å². The molecule has 1 atom stereocenters. The average molecular weight is 296 g/mol. The molecule has 1 saturated heterocycles. The lowest BCUT2D eigenvalue weighted by Gasteiger charge is -2.29. The van der Waals surface area contributed by atoms with E-state index in [-0.39, 0.29) is 5.91 Å². The molecule has 1 aromatic carbocycles. The quantitative estimate of drug-likeness (QED) is 0.932. The van der Waals surface area contributed by atoms with Crippen molar-refractivity contribution < 1.29 is 14.7 Å². The van der Waals surface area contributed by atoms with Crippen molar-refractivity contribution in [1.29, 1.82) is 0 Å². The molecule has 4 nitrogen and oxygen atoms in total. The Hall–Kier alpha value is -1.55. The highest BCUT2D eigenvalue weighted by Gasteiger charge is 2.38. The fraction of sp³-hybridized carbons (Fsp3) is 0.467. The van der Waals surface area contributed by atoms with E-state index in [1.54, 1.807) is 17.0 Å². The van der Waals surface area contributed by atoms with Gasteiger partial charge in [-0.25, -0.2) is 0 Å². The van der Waals surface area contributed by atoms with E-state index >= 15 is 0 Å². The minimum Gasteiger partial charge on any atom is -0.481 e. The Kier molecular flexibility index (Phi) is 4.04. The van der Waals surface area contributed by atoms with Gasteiger partial charge in [-0.1, -0.05) is 23.7 Å². The highest BCUT2D eigenvalue weighted by Crippen LogP contribution is 2.29. The number of hydrogen-bond donors (Lipinski definition) is 1. The monoisotopic (exact) mass is 295 g/mol. The summed E-state index contributed by atoms with van der Waals surface area (Å²) in [6.45, 7) is 4.51. The second-order valence-electron chi connectivity index (χ2n) is 5.71. The van der Waals surface area contributed by atoms with Crippen LogP contribution in [0.15, 0.2) is 24.3 Å². The first kappa shape index (κ1) is 14.9. The number of carbonyl (C=O) groups excluding carboxylic acids is 1. The summed E-state index contributed by atoms with van der Waals surface area (Å²) in [6.07, 6.45) is 0.526. The minimum atomic E-state index is -0.829. The zero-order valence-electron chi connectivity index (χ0n) is 11.6. The summed E-state index contributed by atoms with van der Waals surface area (Å²) in [5.74, 6) is -1.31. The number of carbonyl (C=O) groups is 2. The predicted molar refractivity (Wildman–Crippen MR) is 76.8 cm³/mol. The van der Waals surface area contributed by atoms with Crippen LogP contribution >= 0.6 is 11.6 Å². The second-order valence-corrected chi connectivity index (χ2v) is 6.14. The topological polar surface area (TPSA) is 57.6 Å². The Labute approximate surface area is 123 Å². The largest absolute Gasteiger partial charge is 0.481 e. The van der Waals surface area contributed by atoms with Crippen LogP contribution in [0.1, 0.15) is 25.8 Å². The Balaban J connectivity index is 2.15. The van der Waals surface area contributed by atoms with E-state index in [9.17, 15) is 9.59 Å². The van der Waals surface area contributed by atoms with Crippen LogP contribution in [0.5, 0.6) is 0 Å². The Bertz CT molecular complexity index is 524. The number of rotatable bonds is 3. The summed E-state index contributed by atoms with van der Waals surface area (Å²) in [7, 11) is 0. The van der Waals surface area contributed by atoms with Gasteiger partial charge in [0, 0.05) is 18.1 Å². The van der Waals surface area contributed by atoms with E-state index in [1.165, 1.54) is 0 Å². The maximum absolute atomic E-state index is 12.6. The average Bonchev–Trinajstić information content (AvgIpc) is 2.88. The zero-order chi connectivity index (χ0) is 14.9. The van der Waals surface area contributed by atoms with Crippen molar-refractivity contribution in [3.05, 3.63) is 34.9 Å². The van der Waals surface area contributed by atoms with Crippen LogP contribution in [0.2, 0.25) is 5.02 Å². The number of hydrogen-bond acceptors (Lipinski definition) is 2. The first-order valence-corrected chi connectivity index (χ1v) is 6.98. The van der Waals surface area contributed by atoms with Gasteiger partial charge in [-0.15, -0.1) is 0 Å². The van der Waals surface area contributed by atoms with Gasteiger partial charge in [0.1, 0.15) is 0 Å². The molecule has 0 bridgehead atoms. The van der Waals surface area contributed by atoms with Crippen molar-refractivity contribution in [2.75, 3.05) is 13.1 Å². The molecule has 108 valence electrons. The van der Waals surface area contributed by atoms with Crippen LogP contribution in [0.4, 0.5) is 0 Å². The van der Waals surface area contributed by atoms with E-state index in [0.29, 0.717) is 24.5 Å². The highest BCUT2D eigenvalue weighted by atomic mass is 35.5. The molecule has 20 heavy (non-hydrogen) atoms. The SMILES string of the molecule is CC(C)(C(=O)N1CCC(C(=O)O)C1)c1ccc(Cl)cc1. The van der Waals surface area contributed by atoms with E-state index in [0.717, 1.165) is 5.56 Å². The molecule has 0 spiro atoms. The van der Waals surface area contributed by atoms with Crippen molar-refractivity contribution in [1.82, 2.24) is 4.90 Å². The third-order valence-electron chi connectivity index (χ3n) is 3.93. The van der Waals surface area contributed by atoms with Crippen LogP contribution in [0.25, 0.3) is 0 Å². The molecular formula is C15H18ClNO3. The first-order chi connectivity index (χ1) is 9.32. The molecule has 0 radical (unpaired) electrons. The fourth-order valence-electron chi connectivity index (χ4n) is 2.53. The third-order valence-corrected chi connectivity index (χ3v) is 4.18. The smallest absolute Gasteiger partial charge is 0.308 e. The van der Waals surface area contributed by atoms with Gasteiger partial charge < -0.3 is 10.0 Å². The molecule has 1 fully saturated rings. The first-order valence-electron chi connectivity index (χ1n) is 6.60. The Morgan fingerprint density at radius 1 is 1.30 bits per heavy atom. The summed E-state index contributed by atoms with van der Waals surface area (Å²) in [6, 6.07) is 7.20. The summed E-state index contributed by atoms with van der Waals surface area (Å²) in [5.41, 5.74) is 0.198. The molecule has 1 amide bonds. The predicted octanol–water partition coefficient (Wildman–Crippen LogP) is 2.55. The molecule has 0 aromatic heterocycles. The van der Waals surface area contributed by atoms with E-state index < -0.39 is 17.3 Å². The Morgan fingerprint density at radius 3 is 2.40 bits per heavy atom. The van der Waals surface area contributed by atoms with Crippen molar-refractivity contribution >= 4 is 23.5 Å². The normalized spacial score (nSPS) is 19.1. The molecule has 1 unspecified atom stereocenters. The molecule has 5 heteroatoms. The van der Waals surface area contributed by atoms with Gasteiger partial charge >= 0.3 is 5.97 Å². The van der Waals surface area contributed by atoms with Gasteiger partial charge in [0.05, 0.1) is 11.3 Å². The van der Waals surface area contributed by atoms with Crippen LogP contribution in [-0.4, -0.2) is 35.0 Å². The molecule has 2 rings (SSSR count). The maximum Gasteiger partial charge on any atom is 0.308 e. The lowest BCUT2D eigenvalue weighted by atomic mass is 9.83. The lowest BCUT2D eigenvalue weighted by molar-refractivity contribution is -0.141. The minimum absolute atomic E-state index is 0.0384. The van der Waals surface area contributed by atoms with Gasteiger partial charge in [0.2, 0.25) is 5.91 Å². The van der Waals surface area contributed by atoms with Crippen LogP contribution in [-0.2, 0) is 15.0 Å². The second kappa shape index (κ2) is 5.44. The summed E-state index contributed by atoms with van der Waals surface area (Å²) < 4.78 is 0. The number of halogens is 1. The number of aliphatic carboxylic acids is 1. The number of carboxylic acids is 1. The number of amides is 1. The van der Waals surface area contributed by atoms with Gasteiger partial charge in [-0.05, 0) is 38.0 Å². The third kappa shape index (κ3) is 2.80.